The maximum Gasteiger partial charge on any atom is 0.249 e. The molecule has 6 nitrogen and oxygen atoms in total. The molecule has 398 valence electrons. The van der Waals surface area contributed by atoms with E-state index in [1.54, 1.807) is 0 Å². The quantitative estimate of drug-likeness (QED) is 0.0308. The zero-order valence-electron chi connectivity index (χ0n) is 45.2. The predicted molar refractivity (Wildman–Crippen MR) is 293 cm³/mol. The minimum absolute atomic E-state index is 0.372. The molecule has 67 heavy (non-hydrogen) atoms. The minimum atomic E-state index is -1.26. The summed E-state index contributed by atoms with van der Waals surface area (Å²) in [5.41, 5.74) is 0. The Balaban J connectivity index is 3.57. The fourth-order valence-electron chi connectivity index (χ4n) is 9.67. The van der Waals surface area contributed by atoms with Crippen LogP contribution in [0.5, 0.6) is 0 Å². The molecule has 0 aliphatic heterocycles. The van der Waals surface area contributed by atoms with E-state index in [0.717, 1.165) is 44.9 Å². The van der Waals surface area contributed by atoms with Gasteiger partial charge in [-0.3, -0.25) is 4.79 Å². The highest BCUT2D eigenvalue weighted by Gasteiger charge is 2.28. The molecule has 0 aliphatic carbocycles. The molecule has 1 amide bonds. The molecule has 0 spiro atoms. The van der Waals surface area contributed by atoms with Gasteiger partial charge in [-0.15, -0.1) is 0 Å². The number of hydrogen-bond acceptors (Lipinski definition) is 5. The van der Waals surface area contributed by atoms with Crippen LogP contribution in [0.1, 0.15) is 328 Å². The summed E-state index contributed by atoms with van der Waals surface area (Å²) in [4.78, 5) is 12.6. The predicted octanol–water partition coefficient (Wildman–Crippen LogP) is 17.8. The zero-order valence-corrected chi connectivity index (χ0v) is 45.2. The molecule has 0 bridgehead atoms. The van der Waals surface area contributed by atoms with Crippen LogP contribution in [0.25, 0.3) is 0 Å². The van der Waals surface area contributed by atoms with Gasteiger partial charge in [0.25, 0.3) is 0 Å². The Morgan fingerprint density at radius 1 is 0.373 bits per heavy atom. The molecule has 4 atom stereocenters. The van der Waals surface area contributed by atoms with Crippen molar-refractivity contribution < 1.29 is 25.2 Å². The first-order chi connectivity index (χ1) is 33.0. The standard InChI is InChI=1S/C61H119NO5/c1-3-5-7-9-11-13-15-17-19-21-23-24-25-26-27-28-29-30-31-32-33-34-35-37-39-41-43-45-47-49-51-53-55-59(65)61(67)62-57(56-63)60(66)58(64)54-52-50-48-46-44-42-40-38-36-22-20-18-16-14-12-10-8-6-4-2/h23-24,26-27,57-60,63-66H,3-22,25,28-56H2,1-2H3,(H,62,67)/b24-23-,27-26-. The summed E-state index contributed by atoms with van der Waals surface area (Å²) >= 11 is 0. The van der Waals surface area contributed by atoms with Gasteiger partial charge < -0.3 is 25.7 Å². The Bertz CT molecular complexity index is 1020. The van der Waals surface area contributed by atoms with Crippen molar-refractivity contribution >= 4 is 5.91 Å². The molecule has 4 unspecified atom stereocenters. The van der Waals surface area contributed by atoms with E-state index in [2.05, 4.69) is 43.5 Å². The van der Waals surface area contributed by atoms with Crippen molar-refractivity contribution in [1.29, 1.82) is 0 Å². The molecule has 0 radical (unpaired) electrons. The topological polar surface area (TPSA) is 110 Å². The summed E-state index contributed by atoms with van der Waals surface area (Å²) in [5, 5.41) is 44.1. The second-order valence-corrected chi connectivity index (χ2v) is 21.1. The van der Waals surface area contributed by atoms with E-state index in [1.165, 1.54) is 257 Å². The molecule has 0 fully saturated rings. The first kappa shape index (κ1) is 65.8. The lowest BCUT2D eigenvalue weighted by Gasteiger charge is -2.27. The van der Waals surface area contributed by atoms with Crippen LogP contribution in [-0.4, -0.2) is 57.3 Å². The Labute approximate surface area is 418 Å². The largest absolute Gasteiger partial charge is 0.394 e. The van der Waals surface area contributed by atoms with Crippen LogP contribution in [0.15, 0.2) is 24.3 Å². The highest BCUT2D eigenvalue weighted by Crippen LogP contribution is 2.18. The van der Waals surface area contributed by atoms with E-state index in [1.807, 2.05) is 0 Å². The van der Waals surface area contributed by atoms with Crippen molar-refractivity contribution in [2.45, 2.75) is 353 Å². The van der Waals surface area contributed by atoms with E-state index in [9.17, 15) is 25.2 Å². The third-order valence-electron chi connectivity index (χ3n) is 14.4. The summed E-state index contributed by atoms with van der Waals surface area (Å²) < 4.78 is 0. The smallest absolute Gasteiger partial charge is 0.249 e. The van der Waals surface area contributed by atoms with Crippen molar-refractivity contribution in [2.75, 3.05) is 6.61 Å². The molecule has 0 aliphatic rings. The lowest BCUT2D eigenvalue weighted by atomic mass is 9.99. The fourth-order valence-corrected chi connectivity index (χ4v) is 9.67. The average Bonchev–Trinajstić information content (AvgIpc) is 3.33. The Morgan fingerprint density at radius 2 is 0.642 bits per heavy atom. The van der Waals surface area contributed by atoms with Gasteiger partial charge in [0.15, 0.2) is 0 Å². The van der Waals surface area contributed by atoms with Gasteiger partial charge in [0.2, 0.25) is 5.91 Å². The van der Waals surface area contributed by atoms with E-state index in [-0.39, 0.29) is 0 Å². The van der Waals surface area contributed by atoms with Crippen molar-refractivity contribution in [3.63, 3.8) is 0 Å². The van der Waals surface area contributed by atoms with Crippen LogP contribution in [-0.2, 0) is 4.79 Å². The van der Waals surface area contributed by atoms with Crippen molar-refractivity contribution in [3.05, 3.63) is 24.3 Å². The number of allylic oxidation sites excluding steroid dienone is 4. The third kappa shape index (κ3) is 49.6. The summed E-state index contributed by atoms with van der Waals surface area (Å²) in [5.74, 6) is -0.578. The first-order valence-corrected chi connectivity index (χ1v) is 30.2. The molecule has 0 aromatic heterocycles. The van der Waals surface area contributed by atoms with Gasteiger partial charge in [0.1, 0.15) is 12.2 Å². The molecule has 0 saturated heterocycles. The highest BCUT2D eigenvalue weighted by molar-refractivity contribution is 5.80. The monoisotopic (exact) mass is 946 g/mol. The number of unbranched alkanes of at least 4 members (excludes halogenated alkanes) is 43. The average molecular weight is 947 g/mol. The number of aliphatic hydroxyl groups excluding tert-OH is 4. The lowest BCUT2D eigenvalue weighted by molar-refractivity contribution is -0.132. The van der Waals surface area contributed by atoms with Gasteiger partial charge in [-0.1, -0.05) is 308 Å². The number of rotatable bonds is 56. The van der Waals surface area contributed by atoms with Crippen LogP contribution in [0.4, 0.5) is 0 Å². The second-order valence-electron chi connectivity index (χ2n) is 21.1. The number of aliphatic hydroxyl groups is 4. The summed E-state index contributed by atoms with van der Waals surface area (Å²) in [7, 11) is 0. The minimum Gasteiger partial charge on any atom is -0.394 e. The van der Waals surface area contributed by atoms with Gasteiger partial charge >= 0.3 is 0 Å². The van der Waals surface area contributed by atoms with Crippen LogP contribution >= 0.6 is 0 Å². The van der Waals surface area contributed by atoms with E-state index < -0.39 is 36.9 Å². The number of carbonyl (C=O) groups excluding carboxylic acids is 1. The van der Waals surface area contributed by atoms with Gasteiger partial charge in [0.05, 0.1) is 18.8 Å². The Morgan fingerprint density at radius 3 is 0.940 bits per heavy atom. The van der Waals surface area contributed by atoms with Crippen molar-refractivity contribution in [2.24, 2.45) is 0 Å². The molecule has 0 saturated carbocycles. The van der Waals surface area contributed by atoms with Crippen LogP contribution in [0.2, 0.25) is 0 Å². The molecule has 6 heteroatoms. The number of carbonyl (C=O) groups is 1. The maximum atomic E-state index is 12.6. The Hall–Kier alpha value is -1.21. The fraction of sp³-hybridized carbons (Fsp3) is 0.918. The number of nitrogens with one attached hydrogen (secondary N) is 1. The molecular weight excluding hydrogens is 827 g/mol. The van der Waals surface area contributed by atoms with E-state index >= 15 is 0 Å². The zero-order chi connectivity index (χ0) is 48.8. The Kier molecular flexibility index (Phi) is 54.7. The van der Waals surface area contributed by atoms with Gasteiger partial charge in [0, 0.05) is 0 Å². The molecule has 0 heterocycles. The number of hydrogen-bond donors (Lipinski definition) is 5. The van der Waals surface area contributed by atoms with Gasteiger partial charge in [-0.25, -0.2) is 0 Å². The van der Waals surface area contributed by atoms with Crippen LogP contribution in [0.3, 0.4) is 0 Å². The van der Waals surface area contributed by atoms with Crippen molar-refractivity contribution in [1.82, 2.24) is 5.32 Å². The first-order valence-electron chi connectivity index (χ1n) is 30.2. The normalized spacial score (nSPS) is 13.8. The van der Waals surface area contributed by atoms with Gasteiger partial charge in [-0.2, -0.15) is 0 Å². The second kappa shape index (κ2) is 55.7. The number of amides is 1. The summed E-state index contributed by atoms with van der Waals surface area (Å²) in [6.45, 7) is 4.09. The van der Waals surface area contributed by atoms with Crippen LogP contribution in [0, 0.1) is 0 Å². The summed E-state index contributed by atoms with van der Waals surface area (Å²) in [6.07, 6.45) is 68.3. The van der Waals surface area contributed by atoms with Crippen molar-refractivity contribution in [3.8, 4) is 0 Å². The molecule has 0 aromatic rings. The van der Waals surface area contributed by atoms with E-state index in [4.69, 9.17) is 0 Å². The highest BCUT2D eigenvalue weighted by atomic mass is 16.3. The summed E-state index contributed by atoms with van der Waals surface area (Å²) in [6, 6.07) is -0.984. The van der Waals surface area contributed by atoms with Crippen LogP contribution < -0.4 is 5.32 Å². The van der Waals surface area contributed by atoms with Gasteiger partial charge in [-0.05, 0) is 44.9 Å². The molecular formula is C61H119NO5. The SMILES string of the molecule is CCCCCCCCCCC/C=C\C/C=C\CCCCCCCCCCCCCCCCCCC(O)C(=O)NC(CO)C(O)C(O)CCCCCCCCCCCCCCCCCCCCC. The maximum absolute atomic E-state index is 12.6. The molecule has 0 rings (SSSR count). The van der Waals surface area contributed by atoms with E-state index in [0.29, 0.717) is 12.8 Å². The molecule has 0 aromatic carbocycles. The third-order valence-corrected chi connectivity index (χ3v) is 14.4. The lowest BCUT2D eigenvalue weighted by Crippen LogP contribution is -2.53. The molecule has 5 N–H and O–H groups in total.